The van der Waals surface area contributed by atoms with Crippen molar-refractivity contribution < 1.29 is 4.79 Å². The molecule has 5 nitrogen and oxygen atoms in total. The maximum absolute atomic E-state index is 11.1. The van der Waals surface area contributed by atoms with E-state index < -0.39 is 0 Å². The van der Waals surface area contributed by atoms with Crippen LogP contribution in [0.2, 0.25) is 0 Å². The Morgan fingerprint density at radius 1 is 1.37 bits per heavy atom. The molecule has 0 saturated carbocycles. The van der Waals surface area contributed by atoms with Crippen LogP contribution in [-0.2, 0) is 4.79 Å². The second-order valence-electron chi connectivity index (χ2n) is 5.26. The first-order valence-corrected chi connectivity index (χ1v) is 6.45. The molecule has 102 valence electrons. The van der Waals surface area contributed by atoms with E-state index in [9.17, 15) is 4.79 Å². The Morgan fingerprint density at radius 3 is 2.63 bits per heavy atom. The van der Waals surface area contributed by atoms with E-state index >= 15 is 0 Å². The van der Waals surface area contributed by atoms with Gasteiger partial charge in [0.05, 0.1) is 11.0 Å². The third-order valence-electron chi connectivity index (χ3n) is 3.19. The summed E-state index contributed by atoms with van der Waals surface area (Å²) in [4.78, 5) is 15.8. The number of amides is 1. The lowest BCUT2D eigenvalue weighted by molar-refractivity contribution is -0.118. The van der Waals surface area contributed by atoms with Gasteiger partial charge in [-0.2, -0.15) is 0 Å². The molecule has 0 bridgehead atoms. The lowest BCUT2D eigenvalue weighted by atomic mass is 10.1. The van der Waals surface area contributed by atoms with Gasteiger partial charge in [0, 0.05) is 24.1 Å². The van der Waals surface area contributed by atoms with Crippen molar-refractivity contribution in [2.75, 3.05) is 5.73 Å². The maximum Gasteiger partial charge on any atom is 0.219 e. The molecule has 0 aliphatic heterocycles. The van der Waals surface area contributed by atoms with Crippen LogP contribution in [0.5, 0.6) is 0 Å². The normalized spacial score (nSPS) is 13.1. The lowest BCUT2D eigenvalue weighted by Crippen LogP contribution is -2.19. The maximum atomic E-state index is 11.1. The van der Waals surface area contributed by atoms with E-state index in [0.717, 1.165) is 16.9 Å². The third kappa shape index (κ3) is 2.54. The fourth-order valence-electron chi connectivity index (χ4n) is 2.39. The van der Waals surface area contributed by atoms with E-state index in [0.29, 0.717) is 12.1 Å². The van der Waals surface area contributed by atoms with Crippen molar-refractivity contribution in [3.05, 3.63) is 24.0 Å². The summed E-state index contributed by atoms with van der Waals surface area (Å²) in [5, 5.41) is 0. The topological polar surface area (TPSA) is 86.9 Å². The molecule has 2 rings (SSSR count). The van der Waals surface area contributed by atoms with E-state index in [4.69, 9.17) is 11.5 Å². The number of benzene rings is 1. The summed E-state index contributed by atoms with van der Waals surface area (Å²) in [6.45, 7) is 6.14. The van der Waals surface area contributed by atoms with Gasteiger partial charge in [-0.1, -0.05) is 13.8 Å². The summed E-state index contributed by atoms with van der Waals surface area (Å²) >= 11 is 0. The van der Waals surface area contributed by atoms with Crippen LogP contribution in [0.3, 0.4) is 0 Å². The van der Waals surface area contributed by atoms with Crippen molar-refractivity contribution in [3.63, 3.8) is 0 Å². The minimum Gasteiger partial charge on any atom is -0.399 e. The largest absolute Gasteiger partial charge is 0.399 e. The number of fused-ring (bicyclic) bond motifs is 1. The standard InChI is InChI=1S/C14H20N4O/c1-8(2)14-17-11-7-10(15)4-5-12(11)18(14)9(3)6-13(16)19/h4-5,7-9H,6,15H2,1-3H3,(H2,16,19). The molecular weight excluding hydrogens is 240 g/mol. The Labute approximate surface area is 112 Å². The lowest BCUT2D eigenvalue weighted by Gasteiger charge is -2.18. The van der Waals surface area contributed by atoms with Crippen molar-refractivity contribution in [1.82, 2.24) is 9.55 Å². The molecule has 1 amide bonds. The highest BCUT2D eigenvalue weighted by Crippen LogP contribution is 2.28. The molecule has 4 N–H and O–H groups in total. The smallest absolute Gasteiger partial charge is 0.219 e. The molecule has 0 aliphatic rings. The van der Waals surface area contributed by atoms with E-state index in [2.05, 4.69) is 23.4 Å². The van der Waals surface area contributed by atoms with Crippen LogP contribution in [0.1, 0.15) is 45.0 Å². The van der Waals surface area contributed by atoms with Gasteiger partial charge in [0.25, 0.3) is 0 Å². The Kier molecular flexibility index (Phi) is 3.46. The fourth-order valence-corrected chi connectivity index (χ4v) is 2.39. The summed E-state index contributed by atoms with van der Waals surface area (Å²) in [5.74, 6) is 0.915. The highest BCUT2D eigenvalue weighted by Gasteiger charge is 2.19. The molecule has 1 aromatic heterocycles. The molecule has 1 heterocycles. The van der Waals surface area contributed by atoms with E-state index in [-0.39, 0.29) is 17.9 Å². The van der Waals surface area contributed by atoms with Gasteiger partial charge in [0.1, 0.15) is 5.82 Å². The minimum absolute atomic E-state index is 0.0106. The number of hydrogen-bond donors (Lipinski definition) is 2. The molecule has 0 fully saturated rings. The van der Waals surface area contributed by atoms with E-state index in [1.165, 1.54) is 0 Å². The summed E-state index contributed by atoms with van der Waals surface area (Å²) < 4.78 is 2.09. The number of nitrogens with zero attached hydrogens (tertiary/aromatic N) is 2. The SMILES string of the molecule is CC(C)c1nc2cc(N)ccc2n1C(C)CC(N)=O. The third-order valence-corrected chi connectivity index (χ3v) is 3.19. The number of primary amides is 1. The number of rotatable bonds is 4. The zero-order valence-corrected chi connectivity index (χ0v) is 11.6. The first-order chi connectivity index (χ1) is 8.90. The predicted molar refractivity (Wildman–Crippen MR) is 76.8 cm³/mol. The van der Waals surface area contributed by atoms with E-state index in [1.807, 2.05) is 25.1 Å². The van der Waals surface area contributed by atoms with Crippen LogP contribution in [0.4, 0.5) is 5.69 Å². The second-order valence-corrected chi connectivity index (χ2v) is 5.26. The first kappa shape index (κ1) is 13.4. The van der Waals surface area contributed by atoms with Crippen molar-refractivity contribution >= 4 is 22.6 Å². The van der Waals surface area contributed by atoms with Gasteiger partial charge in [-0.05, 0) is 25.1 Å². The molecule has 0 saturated heterocycles. The monoisotopic (exact) mass is 260 g/mol. The number of nitrogen functional groups attached to an aromatic ring is 1. The van der Waals surface area contributed by atoms with Gasteiger partial charge in [0.15, 0.2) is 0 Å². The van der Waals surface area contributed by atoms with Gasteiger partial charge in [-0.25, -0.2) is 4.98 Å². The molecule has 19 heavy (non-hydrogen) atoms. The van der Waals surface area contributed by atoms with Crippen molar-refractivity contribution in [2.45, 2.75) is 39.2 Å². The quantitative estimate of drug-likeness (QED) is 0.826. The zero-order valence-electron chi connectivity index (χ0n) is 11.6. The molecular formula is C14H20N4O. The second kappa shape index (κ2) is 4.91. The van der Waals surface area contributed by atoms with Gasteiger partial charge < -0.3 is 16.0 Å². The van der Waals surface area contributed by atoms with Crippen LogP contribution >= 0.6 is 0 Å². The van der Waals surface area contributed by atoms with Crippen LogP contribution in [0.15, 0.2) is 18.2 Å². The molecule has 1 atom stereocenters. The number of carbonyl (C=O) groups excluding carboxylic acids is 1. The molecule has 1 unspecified atom stereocenters. The Morgan fingerprint density at radius 2 is 2.05 bits per heavy atom. The molecule has 5 heteroatoms. The number of anilines is 1. The van der Waals surface area contributed by atoms with E-state index in [1.54, 1.807) is 0 Å². The Bertz CT molecular complexity index is 615. The highest BCUT2D eigenvalue weighted by molar-refractivity contribution is 5.80. The van der Waals surface area contributed by atoms with Crippen molar-refractivity contribution in [3.8, 4) is 0 Å². The molecule has 0 spiro atoms. The highest BCUT2D eigenvalue weighted by atomic mass is 16.1. The van der Waals surface area contributed by atoms with Gasteiger partial charge in [-0.3, -0.25) is 4.79 Å². The summed E-state index contributed by atoms with van der Waals surface area (Å²) in [5.41, 5.74) is 13.6. The number of nitrogens with two attached hydrogens (primary N) is 2. The number of hydrogen-bond acceptors (Lipinski definition) is 3. The summed E-state index contributed by atoms with van der Waals surface area (Å²) in [7, 11) is 0. The Balaban J connectivity index is 2.61. The van der Waals surface area contributed by atoms with Crippen LogP contribution < -0.4 is 11.5 Å². The number of carbonyl (C=O) groups is 1. The van der Waals surface area contributed by atoms with Crippen LogP contribution in [0.25, 0.3) is 11.0 Å². The minimum atomic E-state index is -0.306. The van der Waals surface area contributed by atoms with Gasteiger partial charge in [0.2, 0.25) is 5.91 Å². The van der Waals surface area contributed by atoms with Crippen molar-refractivity contribution in [1.29, 1.82) is 0 Å². The predicted octanol–water partition coefficient (Wildman–Crippen LogP) is 2.18. The zero-order chi connectivity index (χ0) is 14.2. The molecule has 2 aromatic rings. The summed E-state index contributed by atoms with van der Waals surface area (Å²) in [6.07, 6.45) is 0.301. The van der Waals surface area contributed by atoms with Crippen LogP contribution in [-0.4, -0.2) is 15.5 Å². The first-order valence-electron chi connectivity index (χ1n) is 6.45. The Hall–Kier alpha value is -2.04. The number of imidazole rings is 1. The average Bonchev–Trinajstić information content (AvgIpc) is 2.66. The molecule has 1 aromatic carbocycles. The van der Waals surface area contributed by atoms with Gasteiger partial charge >= 0.3 is 0 Å². The summed E-state index contributed by atoms with van der Waals surface area (Å²) in [6, 6.07) is 5.64. The van der Waals surface area contributed by atoms with Gasteiger partial charge in [-0.15, -0.1) is 0 Å². The van der Waals surface area contributed by atoms with Crippen LogP contribution in [0, 0.1) is 0 Å². The van der Waals surface area contributed by atoms with Crippen molar-refractivity contribution in [2.24, 2.45) is 5.73 Å². The average molecular weight is 260 g/mol. The number of aromatic nitrogens is 2. The fraction of sp³-hybridized carbons (Fsp3) is 0.429. The molecule has 0 radical (unpaired) electrons. The molecule has 0 aliphatic carbocycles.